The molecular weight excluding hydrogens is 581 g/mol. The number of hydrogen-bond donors (Lipinski definition) is 1. The molecule has 38 heavy (non-hydrogen) atoms. The monoisotopic (exact) mass is 602 g/mol. The molecule has 2 amide bonds. The molecule has 0 radical (unpaired) electrons. The predicted octanol–water partition coefficient (Wildman–Crippen LogP) is 7.84. The molecule has 13 heteroatoms. The zero-order valence-corrected chi connectivity index (χ0v) is 22.8. The molecule has 0 saturated heterocycles. The number of carbonyl (C=O) groups excluding carboxylic acids is 2. The molecule has 0 bridgehead atoms. The van der Waals surface area contributed by atoms with Crippen LogP contribution in [0.25, 0.3) is 5.83 Å². The van der Waals surface area contributed by atoms with Crippen LogP contribution < -0.4 is 5.32 Å². The largest absolute Gasteiger partial charge is 0.406 e. The number of carbonyl (C=O) groups is 2. The highest BCUT2D eigenvalue weighted by molar-refractivity contribution is 6.48. The number of nitrogens with one attached hydrogen (secondary N) is 1. The van der Waals surface area contributed by atoms with E-state index in [4.69, 9.17) is 34.8 Å². The number of halogens is 9. The van der Waals surface area contributed by atoms with Crippen molar-refractivity contribution < 1.29 is 35.9 Å². The van der Waals surface area contributed by atoms with Crippen LogP contribution in [0.5, 0.6) is 0 Å². The van der Waals surface area contributed by atoms with Gasteiger partial charge in [0.05, 0.1) is 21.0 Å². The Labute approximate surface area is 230 Å². The molecule has 2 aromatic rings. The normalized spacial score (nSPS) is 14.2. The molecule has 0 aromatic heterocycles. The Bertz CT molecular complexity index is 1220. The van der Waals surface area contributed by atoms with Crippen molar-refractivity contribution in [3.05, 3.63) is 73.7 Å². The van der Waals surface area contributed by atoms with Gasteiger partial charge in [-0.3, -0.25) is 9.59 Å². The number of likely N-dealkylation sites (N-methyl/N-ethyl adjacent to an activating group) is 1. The van der Waals surface area contributed by atoms with Crippen LogP contribution in [-0.2, 0) is 4.79 Å². The van der Waals surface area contributed by atoms with Crippen LogP contribution in [-0.4, -0.2) is 48.4 Å². The number of amides is 2. The maximum Gasteiger partial charge on any atom is 0.406 e. The highest BCUT2D eigenvalue weighted by atomic mass is 35.5. The maximum atomic E-state index is 15.1. The molecule has 0 saturated carbocycles. The number of rotatable bonds is 8. The standard InChI is InChI=1S/C25H23Cl3F6N2O2/c1-12-7-14(5-6-16(12)22(37)35-13(2)23(38)36(4)11-25(32,33)34)20(29)10-17(24(3,30)31)15-8-18(26)21(28)19(27)9-15/h5-10,13,17H,11H2,1-4H3,(H,35,37)/b20-10-. The van der Waals surface area contributed by atoms with Crippen LogP contribution in [0.1, 0.15) is 46.8 Å². The predicted molar refractivity (Wildman–Crippen MR) is 136 cm³/mol. The number of aryl methyl sites for hydroxylation is 1. The molecule has 0 aliphatic heterocycles. The average Bonchev–Trinajstić information content (AvgIpc) is 2.77. The van der Waals surface area contributed by atoms with Gasteiger partial charge >= 0.3 is 6.18 Å². The Morgan fingerprint density at radius 2 is 1.61 bits per heavy atom. The molecule has 208 valence electrons. The van der Waals surface area contributed by atoms with Crippen molar-refractivity contribution in [2.24, 2.45) is 0 Å². The van der Waals surface area contributed by atoms with Crippen molar-refractivity contribution in [2.75, 3.05) is 13.6 Å². The van der Waals surface area contributed by atoms with Gasteiger partial charge in [0.25, 0.3) is 11.8 Å². The second-order valence-electron chi connectivity index (χ2n) is 8.78. The fourth-order valence-corrected chi connectivity index (χ4v) is 4.23. The minimum atomic E-state index is -4.61. The summed E-state index contributed by atoms with van der Waals surface area (Å²) >= 11 is 17.8. The summed E-state index contributed by atoms with van der Waals surface area (Å²) in [5, 5.41) is 2.10. The van der Waals surface area contributed by atoms with E-state index in [1.54, 1.807) is 0 Å². The fourth-order valence-electron chi connectivity index (χ4n) is 3.61. The number of hydrogen-bond acceptors (Lipinski definition) is 2. The Kier molecular flexibility index (Phi) is 10.2. The summed E-state index contributed by atoms with van der Waals surface area (Å²) in [5.74, 6) is -7.96. The van der Waals surface area contributed by atoms with Gasteiger partial charge in [-0.15, -0.1) is 0 Å². The summed E-state index contributed by atoms with van der Waals surface area (Å²) in [7, 11) is 0.951. The van der Waals surface area contributed by atoms with Crippen molar-refractivity contribution in [1.82, 2.24) is 10.2 Å². The second kappa shape index (κ2) is 12.2. The van der Waals surface area contributed by atoms with Crippen molar-refractivity contribution in [3.8, 4) is 0 Å². The van der Waals surface area contributed by atoms with Gasteiger partial charge in [0.1, 0.15) is 18.4 Å². The van der Waals surface area contributed by atoms with Gasteiger partial charge in [-0.1, -0.05) is 40.9 Å². The highest BCUT2D eigenvalue weighted by Crippen LogP contribution is 2.41. The van der Waals surface area contributed by atoms with E-state index in [0.29, 0.717) is 17.9 Å². The number of allylic oxidation sites excluding steroid dienone is 1. The Morgan fingerprint density at radius 1 is 1.05 bits per heavy atom. The van der Waals surface area contributed by atoms with Crippen LogP contribution in [0, 0.1) is 6.92 Å². The van der Waals surface area contributed by atoms with Crippen LogP contribution in [0.4, 0.5) is 26.3 Å². The highest BCUT2D eigenvalue weighted by Gasteiger charge is 2.36. The van der Waals surface area contributed by atoms with Crippen molar-refractivity contribution in [1.29, 1.82) is 0 Å². The first kappa shape index (κ1) is 31.8. The molecule has 0 spiro atoms. The minimum Gasteiger partial charge on any atom is -0.341 e. The average molecular weight is 604 g/mol. The lowest BCUT2D eigenvalue weighted by molar-refractivity contribution is -0.159. The first-order valence-corrected chi connectivity index (χ1v) is 12.1. The van der Waals surface area contributed by atoms with E-state index in [1.165, 1.54) is 32.0 Å². The molecule has 0 heterocycles. The first-order chi connectivity index (χ1) is 17.3. The molecule has 2 aromatic carbocycles. The van der Waals surface area contributed by atoms with E-state index in [0.717, 1.165) is 19.2 Å². The lowest BCUT2D eigenvalue weighted by Gasteiger charge is -2.23. The maximum absolute atomic E-state index is 15.1. The molecule has 0 aliphatic carbocycles. The topological polar surface area (TPSA) is 49.4 Å². The van der Waals surface area contributed by atoms with Gasteiger partial charge in [-0.05, 0) is 55.3 Å². The van der Waals surface area contributed by atoms with E-state index >= 15 is 4.39 Å². The van der Waals surface area contributed by atoms with E-state index in [-0.39, 0.29) is 37.3 Å². The third-order valence-electron chi connectivity index (χ3n) is 5.48. The van der Waals surface area contributed by atoms with Crippen molar-refractivity contribution in [3.63, 3.8) is 0 Å². The van der Waals surface area contributed by atoms with Gasteiger partial charge in [-0.25, -0.2) is 13.2 Å². The molecule has 2 atom stereocenters. The molecule has 4 nitrogen and oxygen atoms in total. The summed E-state index contributed by atoms with van der Waals surface area (Å²) in [6, 6.07) is 4.65. The zero-order valence-electron chi connectivity index (χ0n) is 20.5. The van der Waals surface area contributed by atoms with Gasteiger partial charge in [0, 0.05) is 25.1 Å². The quantitative estimate of drug-likeness (QED) is 0.247. The van der Waals surface area contributed by atoms with E-state index in [9.17, 15) is 31.5 Å². The van der Waals surface area contributed by atoms with Crippen LogP contribution >= 0.6 is 34.8 Å². The second-order valence-corrected chi connectivity index (χ2v) is 9.97. The van der Waals surface area contributed by atoms with Crippen molar-refractivity contribution in [2.45, 2.75) is 44.8 Å². The van der Waals surface area contributed by atoms with Gasteiger partial charge in [0.15, 0.2) is 0 Å². The Balaban J connectivity index is 2.29. The lowest BCUT2D eigenvalue weighted by atomic mass is 9.91. The summed E-state index contributed by atoms with van der Waals surface area (Å²) < 4.78 is 81.6. The fraction of sp³-hybridized carbons (Fsp3) is 0.360. The van der Waals surface area contributed by atoms with Crippen LogP contribution in [0.2, 0.25) is 15.1 Å². The van der Waals surface area contributed by atoms with E-state index < -0.39 is 48.2 Å². The van der Waals surface area contributed by atoms with Gasteiger partial charge in [-0.2, -0.15) is 13.2 Å². The number of alkyl halides is 5. The number of benzene rings is 2. The van der Waals surface area contributed by atoms with Crippen molar-refractivity contribution >= 4 is 52.4 Å². The molecule has 1 N–H and O–H groups in total. The van der Waals surface area contributed by atoms with Crippen LogP contribution in [0.15, 0.2) is 36.4 Å². The molecule has 2 unspecified atom stereocenters. The molecular formula is C25H23Cl3F6N2O2. The summed E-state index contributed by atoms with van der Waals surface area (Å²) in [4.78, 5) is 25.2. The third-order valence-corrected chi connectivity index (χ3v) is 6.68. The summed E-state index contributed by atoms with van der Waals surface area (Å²) in [6.45, 7) is 1.78. The van der Waals surface area contributed by atoms with Gasteiger partial charge in [0.2, 0.25) is 5.91 Å². The van der Waals surface area contributed by atoms with E-state index in [2.05, 4.69) is 5.32 Å². The molecule has 0 fully saturated rings. The van der Waals surface area contributed by atoms with Crippen LogP contribution in [0.3, 0.4) is 0 Å². The lowest BCUT2D eigenvalue weighted by Crippen LogP contribution is -2.48. The van der Waals surface area contributed by atoms with E-state index in [1.807, 2.05) is 0 Å². The molecule has 0 aliphatic rings. The first-order valence-electron chi connectivity index (χ1n) is 10.9. The smallest absolute Gasteiger partial charge is 0.341 e. The third kappa shape index (κ3) is 8.28. The Morgan fingerprint density at radius 3 is 2.08 bits per heavy atom. The summed E-state index contributed by atoms with van der Waals surface area (Å²) in [6.07, 6.45) is -3.91. The van der Waals surface area contributed by atoms with Gasteiger partial charge < -0.3 is 10.2 Å². The zero-order chi connectivity index (χ0) is 29.2. The molecule has 2 rings (SSSR count). The summed E-state index contributed by atoms with van der Waals surface area (Å²) in [5.41, 5.74) is 0.0416. The Hall–Kier alpha value is -2.43. The minimum absolute atomic E-state index is 0.00770. The number of nitrogens with zero attached hydrogens (tertiary/aromatic N) is 1. The SMILES string of the molecule is Cc1cc(/C(F)=C/C(c2cc(Cl)c(Cl)c(Cl)c2)C(C)(F)F)ccc1C(=O)NC(C)C(=O)N(C)CC(F)(F)F.